The highest BCUT2D eigenvalue weighted by molar-refractivity contribution is 5.85. The first-order valence-electron chi connectivity index (χ1n) is 55.4. The Balaban J connectivity index is -0.00000161. The van der Waals surface area contributed by atoms with E-state index in [2.05, 4.69) is 260 Å². The third-order valence-corrected chi connectivity index (χ3v) is 26.7. The highest BCUT2D eigenvalue weighted by atomic mass is 16.6. The number of carbonyl (C=O) groups excluding carboxylic acids is 5. The maximum absolute atomic E-state index is 11.5. The van der Waals surface area contributed by atoms with Crippen LogP contribution in [0.2, 0.25) is 0 Å². The van der Waals surface area contributed by atoms with Gasteiger partial charge in [0.05, 0.1) is 74.3 Å². The summed E-state index contributed by atoms with van der Waals surface area (Å²) in [6.45, 7) is 71.7. The predicted molar refractivity (Wildman–Crippen MR) is 610 cm³/mol. The number of methoxy groups -OCH3 is 3. The van der Waals surface area contributed by atoms with Crippen molar-refractivity contribution in [2.45, 2.75) is 500 Å². The third-order valence-electron chi connectivity index (χ3n) is 26.7. The van der Waals surface area contributed by atoms with Crippen molar-refractivity contribution < 1.29 is 76.8 Å². The fraction of sp³-hybridized carbons (Fsp3) is 0.695. The Kier molecular flexibility index (Phi) is 78.4. The van der Waals surface area contributed by atoms with Crippen LogP contribution in [0.3, 0.4) is 0 Å². The van der Waals surface area contributed by atoms with Gasteiger partial charge in [0.1, 0.15) is 5.75 Å². The molecule has 10 unspecified atom stereocenters. The predicted octanol–water partition coefficient (Wildman–Crippen LogP) is 34.1. The van der Waals surface area contributed by atoms with Crippen molar-refractivity contribution in [3.05, 3.63) is 183 Å². The Bertz CT molecular complexity index is 4110. The lowest BCUT2D eigenvalue weighted by Gasteiger charge is -2.23. The number of hydrogen-bond acceptors (Lipinski definition) is 15. The van der Waals surface area contributed by atoms with E-state index >= 15 is 0 Å². The van der Waals surface area contributed by atoms with Crippen LogP contribution in [0.15, 0.2) is 167 Å². The molecular formula is C128H216O16. The monoisotopic (exact) mass is 2010 g/mol. The number of aryl methyl sites for hydroxylation is 3. The van der Waals surface area contributed by atoms with Crippen molar-refractivity contribution >= 4 is 29.8 Å². The van der Waals surface area contributed by atoms with Crippen molar-refractivity contribution in [2.75, 3.05) is 34.5 Å². The Labute approximate surface area is 883 Å². The zero-order valence-corrected chi connectivity index (χ0v) is 98.7. The van der Waals surface area contributed by atoms with Crippen LogP contribution in [0, 0.1) is 73.0 Å². The zero-order chi connectivity index (χ0) is 109. The summed E-state index contributed by atoms with van der Waals surface area (Å²) in [7, 11) is 4.58. The molecular weight excluding hydrogens is 1790 g/mol. The number of benzene rings is 2. The first-order chi connectivity index (χ1) is 67.1. The number of epoxide rings is 3. The van der Waals surface area contributed by atoms with Crippen LogP contribution in [0.4, 0.5) is 0 Å². The van der Waals surface area contributed by atoms with E-state index < -0.39 is 6.10 Å². The highest BCUT2D eigenvalue weighted by Crippen LogP contribution is 2.44. The molecule has 3 heterocycles. The molecule has 0 bridgehead atoms. The Morgan fingerprint density at radius 3 is 1.31 bits per heavy atom. The van der Waals surface area contributed by atoms with Crippen molar-refractivity contribution in [3.8, 4) is 18.1 Å². The number of hydrogen-bond donors (Lipinski definition) is 0. The Morgan fingerprint density at radius 2 is 0.896 bits per heavy atom. The minimum atomic E-state index is -0.480. The van der Waals surface area contributed by atoms with Crippen LogP contribution in [0.25, 0.3) is 0 Å². The average molecular weight is 2010 g/mol. The van der Waals surface area contributed by atoms with E-state index in [0.29, 0.717) is 48.1 Å². The van der Waals surface area contributed by atoms with Gasteiger partial charge in [-0.3, -0.25) is 0 Å². The zero-order valence-electron chi connectivity index (χ0n) is 98.7. The summed E-state index contributed by atoms with van der Waals surface area (Å²) in [6, 6.07) is 17.3. The molecule has 2 N–H and O–H groups in total. The number of terminal acetylenes is 1. The topological polar surface area (TPSA) is 219 Å². The normalized spacial score (nSPS) is 17.9. The molecule has 3 saturated heterocycles. The SMILES string of the molecule is C#CC(C)OC(=O)/C=C(C)/C=C/CC(C)CCCC(C)C.CC/C(=C\CC/C(C)=C/C(=O)OC)CCCC1OC1(C)C.CCC(CCOc1ccc(C)cc1)CCC1OC1(C)CC.CCOC(=O)/C=C(C)/C=C/CC(C)CCCC(C)C.COC(=O)/C=C(\C)CC/C=C(\C)CCCC1OC1(C)C.COC(C)(C)CCCC(C)C/C=C/C(C)=C/C(=O)OC(C)C.Cc1ccc(CCCC(C)CCCC(C)(C)C)cc1.O. The number of esters is 5. The van der Waals surface area contributed by atoms with Gasteiger partial charge in [-0.2, -0.15) is 0 Å². The summed E-state index contributed by atoms with van der Waals surface area (Å²) in [6.07, 6.45) is 71.0. The molecule has 0 saturated carbocycles. The number of carbonyl (C=O) groups is 5. The first kappa shape index (κ1) is 140. The van der Waals surface area contributed by atoms with E-state index in [1.54, 1.807) is 38.3 Å². The third kappa shape index (κ3) is 81.4. The molecule has 3 aliphatic heterocycles. The lowest BCUT2D eigenvalue weighted by atomic mass is 9.87. The van der Waals surface area contributed by atoms with Gasteiger partial charge >= 0.3 is 29.8 Å². The lowest BCUT2D eigenvalue weighted by molar-refractivity contribution is -0.141. The van der Waals surface area contributed by atoms with Gasteiger partial charge in [-0.1, -0.05) is 298 Å². The van der Waals surface area contributed by atoms with Gasteiger partial charge in [-0.15, -0.1) is 6.42 Å². The first-order valence-corrected chi connectivity index (χ1v) is 55.4. The van der Waals surface area contributed by atoms with Gasteiger partial charge < -0.3 is 52.8 Å². The second kappa shape index (κ2) is 80.4. The second-order valence-electron chi connectivity index (χ2n) is 45.5. The minimum Gasteiger partial charge on any atom is -0.494 e. The summed E-state index contributed by atoms with van der Waals surface area (Å²) in [4.78, 5) is 56.4. The van der Waals surface area contributed by atoms with Gasteiger partial charge in [0.25, 0.3) is 0 Å². The van der Waals surface area contributed by atoms with Crippen LogP contribution in [-0.2, 0) is 73.0 Å². The summed E-state index contributed by atoms with van der Waals surface area (Å²) in [5, 5.41) is 0. The Morgan fingerprint density at radius 1 is 0.465 bits per heavy atom. The van der Waals surface area contributed by atoms with Crippen LogP contribution < -0.4 is 4.74 Å². The molecule has 5 rings (SSSR count). The van der Waals surface area contributed by atoms with E-state index in [9.17, 15) is 24.0 Å². The van der Waals surface area contributed by atoms with Crippen molar-refractivity contribution in [1.29, 1.82) is 0 Å². The Hall–Kier alpha value is -7.65. The molecule has 3 fully saturated rings. The van der Waals surface area contributed by atoms with Gasteiger partial charge in [0.15, 0.2) is 6.10 Å². The van der Waals surface area contributed by atoms with Crippen LogP contribution in [-0.4, -0.2) is 123 Å². The molecule has 0 amide bonds. The molecule has 3 aliphatic rings. The van der Waals surface area contributed by atoms with E-state index in [0.717, 1.165) is 160 Å². The summed E-state index contributed by atoms with van der Waals surface area (Å²) < 4.78 is 52.4. The molecule has 0 aliphatic carbocycles. The maximum atomic E-state index is 11.5. The van der Waals surface area contributed by atoms with E-state index in [1.165, 1.54) is 170 Å². The summed E-state index contributed by atoms with van der Waals surface area (Å²) in [5.41, 5.74) is 12.9. The second-order valence-corrected chi connectivity index (χ2v) is 45.5. The quantitative estimate of drug-likeness (QED) is 0.0114. The fourth-order valence-corrected chi connectivity index (χ4v) is 16.2. The van der Waals surface area contributed by atoms with Gasteiger partial charge in [-0.25, -0.2) is 24.0 Å². The van der Waals surface area contributed by atoms with Gasteiger partial charge in [0, 0.05) is 37.5 Å². The van der Waals surface area contributed by atoms with Crippen LogP contribution in [0.5, 0.6) is 5.75 Å². The van der Waals surface area contributed by atoms with Crippen molar-refractivity contribution in [3.63, 3.8) is 0 Å². The summed E-state index contributed by atoms with van der Waals surface area (Å²) in [5.74, 6) is 7.16. The molecule has 2 aromatic rings. The highest BCUT2D eigenvalue weighted by Gasteiger charge is 2.50. The van der Waals surface area contributed by atoms with Crippen molar-refractivity contribution in [2.24, 2.45) is 46.8 Å². The molecule has 16 nitrogen and oxygen atoms in total. The van der Waals surface area contributed by atoms with Crippen molar-refractivity contribution in [1.82, 2.24) is 0 Å². The van der Waals surface area contributed by atoms with E-state index in [4.69, 9.17) is 44.3 Å². The molecule has 2 aromatic carbocycles. The average Bonchev–Trinajstić information content (AvgIpc) is 1.63. The largest absolute Gasteiger partial charge is 0.494 e. The number of ether oxygens (including phenoxy) is 10. The minimum absolute atomic E-state index is 0. The van der Waals surface area contributed by atoms with E-state index in [1.807, 2.05) is 73.6 Å². The molecule has 10 atom stereocenters. The van der Waals surface area contributed by atoms with Gasteiger partial charge in [0.2, 0.25) is 0 Å². The fourth-order valence-electron chi connectivity index (χ4n) is 16.2. The molecule has 0 radical (unpaired) electrons. The molecule has 144 heavy (non-hydrogen) atoms. The number of rotatable bonds is 61. The smallest absolute Gasteiger partial charge is 0.332 e. The van der Waals surface area contributed by atoms with E-state index in [-0.39, 0.29) is 63.8 Å². The summed E-state index contributed by atoms with van der Waals surface area (Å²) >= 11 is 0. The standard InChI is InChI=1S/C19H34O3.2C19H30O2.C19H32.C18H30O3.C17H28O3.C17H30O2.H2O/c1-15(2)22-18(20)14-17(4)11-8-10-16(3)12-9-13-19(5,6)21-7;1-5-16(9-12-18-19(4,6-2)21-18)13-14-20-17-10-7-15(3)8-11-17;1-7-18(6)21-19(20)14-17(5)13-9-12-16(4)11-8-10-15(2)3;1-16(9-7-15-19(3,4)5)8-6-10-18-13-11-17(2)12-14-18;1-6-15(11-8-12-16-18(3,4)21-16)10-7-9-14(2)13-17(19)20-5;1-13(9-7-11-15-17(3,4)20-15)8-6-10-14(2)12-16(18)19-5;1-6-19-17(18)13-16(5)12-8-11-15(4)10-7-9-14(2)3;/h8,11,14-16H,9-10,12-13H2,1-7H3;7-8,10-11,16,18H,5-6,9,12-14H2,1-4H3;1,9,13-16,18H,8,10-12H2,2-6H3;11-14,16H,6-10,15H2,1-5H3;10,13,16H,6-9,11-12H2,1-5H3;8,12,15H,6-7,9-11H2,1-5H3;8,12-15H,6-7,9-11H2,1-5H3;1H2/b11-8+,17-14+;;13-9+,17-14+;;14-13+,15-10+;13-8+,14-12+;12-8+,16-13+;. The van der Waals surface area contributed by atoms with Gasteiger partial charge in [-0.05, 0) is 354 Å². The number of allylic oxidation sites excluding steroid dienone is 15. The molecule has 0 aromatic heterocycles. The molecule has 16 heteroatoms. The molecule has 824 valence electrons. The molecule has 0 spiro atoms. The van der Waals surface area contributed by atoms with Crippen LogP contribution in [0.1, 0.15) is 443 Å². The van der Waals surface area contributed by atoms with Crippen LogP contribution >= 0.6 is 0 Å². The lowest BCUT2D eigenvalue weighted by Crippen LogP contribution is -2.22. The maximum Gasteiger partial charge on any atom is 0.332 e.